The third-order valence-electron chi connectivity index (χ3n) is 3.35. The maximum atomic E-state index is 5.78. The summed E-state index contributed by atoms with van der Waals surface area (Å²) in [5, 5.41) is 3.42. The molecule has 0 aliphatic heterocycles. The van der Waals surface area contributed by atoms with Gasteiger partial charge in [-0.1, -0.05) is 42.5 Å². The fourth-order valence-corrected chi connectivity index (χ4v) is 2.12. The van der Waals surface area contributed by atoms with E-state index in [2.05, 4.69) is 29.6 Å². The van der Waals surface area contributed by atoms with E-state index in [0.29, 0.717) is 6.61 Å². The summed E-state index contributed by atoms with van der Waals surface area (Å²) >= 11 is 0. The van der Waals surface area contributed by atoms with E-state index in [-0.39, 0.29) is 0 Å². The third kappa shape index (κ3) is 6.29. The molecule has 0 fully saturated rings. The van der Waals surface area contributed by atoms with Gasteiger partial charge < -0.3 is 14.8 Å². The Kier molecular flexibility index (Phi) is 7.50. The molecule has 2 rings (SSSR count). The molecule has 1 N–H and O–H groups in total. The van der Waals surface area contributed by atoms with Crippen LogP contribution >= 0.6 is 0 Å². The van der Waals surface area contributed by atoms with Gasteiger partial charge in [-0.25, -0.2) is 0 Å². The van der Waals surface area contributed by atoms with Crippen LogP contribution in [0.2, 0.25) is 0 Å². The molecule has 0 aromatic heterocycles. The van der Waals surface area contributed by atoms with E-state index in [0.717, 1.165) is 38.5 Å². The van der Waals surface area contributed by atoms with Crippen molar-refractivity contribution in [2.75, 3.05) is 19.8 Å². The first-order valence-electron chi connectivity index (χ1n) is 7.92. The summed E-state index contributed by atoms with van der Waals surface area (Å²) in [4.78, 5) is 0. The molecule has 0 unspecified atom stereocenters. The predicted molar refractivity (Wildman–Crippen MR) is 90.0 cm³/mol. The lowest BCUT2D eigenvalue weighted by molar-refractivity contribution is 0.144. The quantitative estimate of drug-likeness (QED) is 0.677. The van der Waals surface area contributed by atoms with Crippen LogP contribution in [0, 0.1) is 0 Å². The van der Waals surface area contributed by atoms with Crippen molar-refractivity contribution in [1.29, 1.82) is 0 Å². The molecule has 0 saturated carbocycles. The lowest BCUT2D eigenvalue weighted by atomic mass is 10.2. The third-order valence-corrected chi connectivity index (χ3v) is 3.35. The second-order valence-electron chi connectivity index (χ2n) is 5.15. The van der Waals surface area contributed by atoms with Crippen molar-refractivity contribution in [3.05, 3.63) is 65.7 Å². The van der Waals surface area contributed by atoms with Crippen molar-refractivity contribution in [1.82, 2.24) is 5.32 Å². The molecule has 0 atom stereocenters. The summed E-state index contributed by atoms with van der Waals surface area (Å²) < 4.78 is 11.1. The first-order chi connectivity index (χ1) is 10.9. The zero-order chi connectivity index (χ0) is 15.5. The zero-order valence-electron chi connectivity index (χ0n) is 13.3. The van der Waals surface area contributed by atoms with E-state index >= 15 is 0 Å². The highest BCUT2D eigenvalue weighted by Gasteiger charge is 1.97. The van der Waals surface area contributed by atoms with Crippen LogP contribution in [0.5, 0.6) is 5.75 Å². The Morgan fingerprint density at radius 1 is 0.909 bits per heavy atom. The molecule has 0 heterocycles. The van der Waals surface area contributed by atoms with Crippen molar-refractivity contribution in [3.8, 4) is 5.75 Å². The smallest absolute Gasteiger partial charge is 0.119 e. The lowest BCUT2D eigenvalue weighted by Gasteiger charge is -2.08. The number of rotatable bonds is 10. The Hall–Kier alpha value is -1.84. The summed E-state index contributed by atoms with van der Waals surface area (Å²) in [6.07, 6.45) is 1.05. The summed E-state index contributed by atoms with van der Waals surface area (Å²) in [5.74, 6) is 0.906. The van der Waals surface area contributed by atoms with Gasteiger partial charge in [0.25, 0.3) is 0 Å². The standard InChI is InChI=1S/C19H25NO2/c1-2-21-14-6-13-20-15-17-9-11-19(12-10-17)22-16-18-7-4-3-5-8-18/h3-5,7-12,20H,2,6,13-16H2,1H3. The van der Waals surface area contributed by atoms with Gasteiger partial charge >= 0.3 is 0 Å². The minimum Gasteiger partial charge on any atom is -0.489 e. The van der Waals surface area contributed by atoms with Gasteiger partial charge in [-0.2, -0.15) is 0 Å². The lowest BCUT2D eigenvalue weighted by Crippen LogP contribution is -2.16. The Balaban J connectivity index is 1.67. The van der Waals surface area contributed by atoms with Crippen LogP contribution in [-0.2, 0) is 17.9 Å². The van der Waals surface area contributed by atoms with E-state index in [1.54, 1.807) is 0 Å². The van der Waals surface area contributed by atoms with E-state index in [4.69, 9.17) is 9.47 Å². The van der Waals surface area contributed by atoms with Crippen LogP contribution in [0.4, 0.5) is 0 Å². The fraction of sp³-hybridized carbons (Fsp3) is 0.368. The van der Waals surface area contributed by atoms with E-state index in [1.165, 1.54) is 11.1 Å². The van der Waals surface area contributed by atoms with Crippen molar-refractivity contribution >= 4 is 0 Å². The highest BCUT2D eigenvalue weighted by molar-refractivity contribution is 5.27. The van der Waals surface area contributed by atoms with E-state index in [9.17, 15) is 0 Å². The fourth-order valence-electron chi connectivity index (χ4n) is 2.12. The maximum absolute atomic E-state index is 5.78. The molecule has 22 heavy (non-hydrogen) atoms. The normalized spacial score (nSPS) is 10.6. The minimum absolute atomic E-state index is 0.607. The Bertz CT molecular complexity index is 511. The SMILES string of the molecule is CCOCCCNCc1ccc(OCc2ccccc2)cc1. The summed E-state index contributed by atoms with van der Waals surface area (Å²) in [6.45, 7) is 6.11. The molecule has 118 valence electrons. The van der Waals surface area contributed by atoms with Crippen molar-refractivity contribution in [2.24, 2.45) is 0 Å². The molecule has 0 aliphatic rings. The predicted octanol–water partition coefficient (Wildman–Crippen LogP) is 3.78. The summed E-state index contributed by atoms with van der Waals surface area (Å²) in [6, 6.07) is 18.5. The van der Waals surface area contributed by atoms with Crippen molar-refractivity contribution in [2.45, 2.75) is 26.5 Å². The van der Waals surface area contributed by atoms with Gasteiger partial charge in [0.1, 0.15) is 12.4 Å². The van der Waals surface area contributed by atoms with Gasteiger partial charge in [0.15, 0.2) is 0 Å². The van der Waals surface area contributed by atoms with Crippen molar-refractivity contribution in [3.63, 3.8) is 0 Å². The van der Waals surface area contributed by atoms with Gasteiger partial charge in [0.2, 0.25) is 0 Å². The average Bonchev–Trinajstić information content (AvgIpc) is 2.58. The first-order valence-corrected chi connectivity index (χ1v) is 7.92. The summed E-state index contributed by atoms with van der Waals surface area (Å²) in [7, 11) is 0. The topological polar surface area (TPSA) is 30.5 Å². The highest BCUT2D eigenvalue weighted by atomic mass is 16.5. The average molecular weight is 299 g/mol. The molecule has 2 aromatic rings. The molecule has 3 nitrogen and oxygen atoms in total. The number of nitrogens with one attached hydrogen (secondary N) is 1. The molecule has 0 aliphatic carbocycles. The molecule has 0 saturated heterocycles. The monoisotopic (exact) mass is 299 g/mol. The largest absolute Gasteiger partial charge is 0.489 e. The van der Waals surface area contributed by atoms with Crippen molar-refractivity contribution < 1.29 is 9.47 Å². The van der Waals surface area contributed by atoms with Crippen LogP contribution < -0.4 is 10.1 Å². The molecule has 0 spiro atoms. The molecular weight excluding hydrogens is 274 g/mol. The second-order valence-corrected chi connectivity index (χ2v) is 5.15. The van der Waals surface area contributed by atoms with Gasteiger partial charge in [-0.15, -0.1) is 0 Å². The zero-order valence-corrected chi connectivity index (χ0v) is 13.3. The molecule has 0 amide bonds. The van der Waals surface area contributed by atoms with Crippen LogP contribution in [0.25, 0.3) is 0 Å². The molecule has 3 heteroatoms. The van der Waals surface area contributed by atoms with Crippen LogP contribution in [0.1, 0.15) is 24.5 Å². The first kappa shape index (κ1) is 16.5. The van der Waals surface area contributed by atoms with Gasteiger partial charge in [0, 0.05) is 19.8 Å². The Labute approximate surface area is 133 Å². The number of ether oxygens (including phenoxy) is 2. The molecule has 2 aromatic carbocycles. The maximum Gasteiger partial charge on any atom is 0.119 e. The van der Waals surface area contributed by atoms with Crippen LogP contribution in [0.3, 0.4) is 0 Å². The molecular formula is C19H25NO2. The van der Waals surface area contributed by atoms with Gasteiger partial charge in [-0.3, -0.25) is 0 Å². The second kappa shape index (κ2) is 9.98. The Morgan fingerprint density at radius 3 is 2.41 bits per heavy atom. The highest BCUT2D eigenvalue weighted by Crippen LogP contribution is 2.14. The van der Waals surface area contributed by atoms with E-state index < -0.39 is 0 Å². The molecule has 0 bridgehead atoms. The van der Waals surface area contributed by atoms with E-state index in [1.807, 2.05) is 37.3 Å². The van der Waals surface area contributed by atoms with Crippen LogP contribution in [0.15, 0.2) is 54.6 Å². The number of hydrogen-bond acceptors (Lipinski definition) is 3. The Morgan fingerprint density at radius 2 is 1.68 bits per heavy atom. The number of hydrogen-bond donors (Lipinski definition) is 1. The summed E-state index contributed by atoms with van der Waals surface area (Å²) in [5.41, 5.74) is 2.45. The minimum atomic E-state index is 0.607. The molecule has 0 radical (unpaired) electrons. The van der Waals surface area contributed by atoms with Gasteiger partial charge in [-0.05, 0) is 43.1 Å². The van der Waals surface area contributed by atoms with Gasteiger partial charge in [0.05, 0.1) is 0 Å². The number of benzene rings is 2. The van der Waals surface area contributed by atoms with Crippen LogP contribution in [-0.4, -0.2) is 19.8 Å².